The third-order valence-corrected chi connectivity index (χ3v) is 6.05. The van der Waals surface area contributed by atoms with E-state index in [4.69, 9.17) is 10.2 Å². The monoisotopic (exact) mass is 396 g/mol. The molecule has 0 aliphatic heterocycles. The summed E-state index contributed by atoms with van der Waals surface area (Å²) < 4.78 is 0. The van der Waals surface area contributed by atoms with Gasteiger partial charge in [0.15, 0.2) is 5.60 Å². The van der Waals surface area contributed by atoms with E-state index in [1.54, 1.807) is 0 Å². The molecule has 1 aliphatic carbocycles. The first-order valence-corrected chi connectivity index (χ1v) is 10.8. The van der Waals surface area contributed by atoms with Gasteiger partial charge in [-0.2, -0.15) is 0 Å². The van der Waals surface area contributed by atoms with Gasteiger partial charge in [-0.15, -0.1) is 0 Å². The van der Waals surface area contributed by atoms with Crippen LogP contribution in [0.4, 0.5) is 0 Å². The van der Waals surface area contributed by atoms with E-state index < -0.39 is 22.9 Å². The van der Waals surface area contributed by atoms with Crippen molar-refractivity contribution in [3.63, 3.8) is 0 Å². The lowest BCUT2D eigenvalue weighted by atomic mass is 9.64. The lowest BCUT2D eigenvalue weighted by Crippen LogP contribution is -2.55. The predicted molar refractivity (Wildman–Crippen MR) is 112 cm³/mol. The Hall–Kier alpha value is -1.17. The zero-order valence-electron chi connectivity index (χ0n) is 17.6. The van der Waals surface area contributed by atoms with E-state index in [9.17, 15) is 15.0 Å². The van der Waals surface area contributed by atoms with Crippen molar-refractivity contribution in [3.05, 3.63) is 24.3 Å². The van der Waals surface area contributed by atoms with E-state index in [0.717, 1.165) is 57.8 Å². The van der Waals surface area contributed by atoms with Crippen molar-refractivity contribution in [3.8, 4) is 0 Å². The number of carboxylic acid groups (broad SMARTS) is 1. The molecule has 162 valence electrons. The number of hydrogen-bond donors (Lipinski definition) is 4. The number of aliphatic hydroxyl groups is 3. The zero-order valence-corrected chi connectivity index (χ0v) is 17.6. The summed E-state index contributed by atoms with van der Waals surface area (Å²) in [5.74, 6) is -1.93. The summed E-state index contributed by atoms with van der Waals surface area (Å²) in [7, 11) is 0. The van der Waals surface area contributed by atoms with Crippen LogP contribution in [0, 0.1) is 17.3 Å². The number of aliphatic hydroxyl groups excluding tert-OH is 2. The molecule has 0 amide bonds. The van der Waals surface area contributed by atoms with Crippen LogP contribution in [-0.2, 0) is 4.79 Å². The van der Waals surface area contributed by atoms with Crippen molar-refractivity contribution >= 4 is 5.97 Å². The van der Waals surface area contributed by atoms with Crippen LogP contribution in [0.2, 0.25) is 0 Å². The van der Waals surface area contributed by atoms with Crippen LogP contribution < -0.4 is 0 Å². The van der Waals surface area contributed by atoms with Crippen molar-refractivity contribution < 1.29 is 25.2 Å². The van der Waals surface area contributed by atoms with Crippen LogP contribution in [0.3, 0.4) is 0 Å². The predicted octanol–water partition coefficient (Wildman–Crippen LogP) is 4.07. The second-order valence-corrected chi connectivity index (χ2v) is 8.68. The van der Waals surface area contributed by atoms with Gasteiger partial charge in [-0.1, -0.05) is 63.8 Å². The Bertz CT molecular complexity index is 505. The highest BCUT2D eigenvalue weighted by atomic mass is 16.4. The zero-order chi connectivity index (χ0) is 21.0. The van der Waals surface area contributed by atoms with Crippen molar-refractivity contribution in [1.82, 2.24) is 0 Å². The molecule has 0 unspecified atom stereocenters. The summed E-state index contributed by atoms with van der Waals surface area (Å²) in [6, 6.07) is 0. The summed E-state index contributed by atoms with van der Waals surface area (Å²) in [6.07, 6.45) is 16.3. The van der Waals surface area contributed by atoms with Crippen molar-refractivity contribution in [2.75, 3.05) is 13.2 Å². The summed E-state index contributed by atoms with van der Waals surface area (Å²) >= 11 is 0. The van der Waals surface area contributed by atoms with Gasteiger partial charge in [0.1, 0.15) is 0 Å². The highest BCUT2D eigenvalue weighted by Gasteiger charge is 2.54. The SMILES string of the molecule is CC(C)(C=CCCO)[C@@H](C=CCCCCCCO)[C@@](O)(C(=O)O)C1CCCC1. The molecule has 0 radical (unpaired) electrons. The van der Waals surface area contributed by atoms with Crippen LogP contribution in [0.25, 0.3) is 0 Å². The first-order chi connectivity index (χ1) is 13.3. The van der Waals surface area contributed by atoms with E-state index in [0.29, 0.717) is 6.42 Å². The first-order valence-electron chi connectivity index (χ1n) is 10.8. The van der Waals surface area contributed by atoms with Gasteiger partial charge >= 0.3 is 5.97 Å². The third-order valence-electron chi connectivity index (χ3n) is 6.05. The lowest BCUT2D eigenvalue weighted by Gasteiger charge is -2.43. The maximum atomic E-state index is 12.3. The normalized spacial score (nSPS) is 19.5. The molecule has 1 aliphatic rings. The molecular weight excluding hydrogens is 356 g/mol. The Labute approximate surface area is 170 Å². The average molecular weight is 397 g/mol. The number of unbranched alkanes of at least 4 members (excludes halogenated alkanes) is 4. The maximum absolute atomic E-state index is 12.3. The number of rotatable bonds is 14. The molecule has 4 N–H and O–H groups in total. The molecule has 0 bridgehead atoms. The molecule has 1 saturated carbocycles. The average Bonchev–Trinajstić information content (AvgIpc) is 3.18. The second-order valence-electron chi connectivity index (χ2n) is 8.68. The fourth-order valence-corrected chi connectivity index (χ4v) is 4.41. The molecule has 5 nitrogen and oxygen atoms in total. The first kappa shape index (κ1) is 24.9. The second kappa shape index (κ2) is 12.4. The van der Waals surface area contributed by atoms with E-state index in [1.807, 2.05) is 38.2 Å². The van der Waals surface area contributed by atoms with Crippen LogP contribution >= 0.6 is 0 Å². The molecular formula is C23H40O5. The molecule has 28 heavy (non-hydrogen) atoms. The van der Waals surface area contributed by atoms with E-state index >= 15 is 0 Å². The molecule has 0 aromatic rings. The minimum Gasteiger partial charge on any atom is -0.479 e. The minimum absolute atomic E-state index is 0.0484. The third kappa shape index (κ3) is 7.02. The van der Waals surface area contributed by atoms with Crippen LogP contribution in [0.5, 0.6) is 0 Å². The molecule has 2 atom stereocenters. The van der Waals surface area contributed by atoms with E-state index in [1.165, 1.54) is 0 Å². The molecule has 0 spiro atoms. The van der Waals surface area contributed by atoms with E-state index in [2.05, 4.69) is 0 Å². The smallest absolute Gasteiger partial charge is 0.336 e. The number of hydrogen-bond acceptors (Lipinski definition) is 4. The van der Waals surface area contributed by atoms with Gasteiger partial charge in [0.05, 0.1) is 0 Å². The van der Waals surface area contributed by atoms with Crippen molar-refractivity contribution in [2.45, 2.75) is 83.7 Å². The highest BCUT2D eigenvalue weighted by Crippen LogP contribution is 2.46. The van der Waals surface area contributed by atoms with Gasteiger partial charge in [-0.05, 0) is 49.9 Å². The number of aliphatic carboxylic acids is 1. The summed E-state index contributed by atoms with van der Waals surface area (Å²) in [6.45, 7) is 4.19. The fourth-order valence-electron chi connectivity index (χ4n) is 4.41. The van der Waals surface area contributed by atoms with Gasteiger partial charge < -0.3 is 20.4 Å². The fraction of sp³-hybridized carbons (Fsp3) is 0.783. The van der Waals surface area contributed by atoms with Crippen LogP contribution in [-0.4, -0.2) is 45.2 Å². The molecule has 0 saturated heterocycles. The molecule has 1 fully saturated rings. The highest BCUT2D eigenvalue weighted by molar-refractivity contribution is 5.79. The Morgan fingerprint density at radius 2 is 1.64 bits per heavy atom. The summed E-state index contributed by atoms with van der Waals surface area (Å²) in [4.78, 5) is 12.3. The minimum atomic E-state index is -1.79. The van der Waals surface area contributed by atoms with Crippen molar-refractivity contribution in [2.24, 2.45) is 17.3 Å². The van der Waals surface area contributed by atoms with Gasteiger partial charge in [0.2, 0.25) is 0 Å². The quantitative estimate of drug-likeness (QED) is 0.262. The number of carboxylic acids is 1. The van der Waals surface area contributed by atoms with Crippen LogP contribution in [0.1, 0.15) is 78.1 Å². The molecule has 5 heteroatoms. The van der Waals surface area contributed by atoms with Gasteiger partial charge in [-0.25, -0.2) is 4.79 Å². The van der Waals surface area contributed by atoms with E-state index in [-0.39, 0.29) is 19.1 Å². The van der Waals surface area contributed by atoms with Crippen LogP contribution in [0.15, 0.2) is 24.3 Å². The topological polar surface area (TPSA) is 98.0 Å². The Balaban J connectivity index is 3.03. The number of carbonyl (C=O) groups is 1. The standard InChI is InChI=1S/C23H40O5/c1-22(2,16-10-12-18-25)20(15-7-5-3-4-6-11-17-24)23(28,21(26)27)19-13-8-9-14-19/h7,10,15-16,19-20,24-25,28H,3-6,8-9,11-14,17-18H2,1-2H3,(H,26,27)/t20-,23-/m1/s1. The Morgan fingerprint density at radius 3 is 2.21 bits per heavy atom. The Kier molecular flexibility index (Phi) is 11.0. The molecule has 1 rings (SSSR count). The molecule has 0 aromatic carbocycles. The van der Waals surface area contributed by atoms with Gasteiger partial charge in [-0.3, -0.25) is 0 Å². The van der Waals surface area contributed by atoms with Gasteiger partial charge in [0.25, 0.3) is 0 Å². The summed E-state index contributed by atoms with van der Waals surface area (Å²) in [5.41, 5.74) is -2.35. The largest absolute Gasteiger partial charge is 0.479 e. The molecule has 0 aromatic heterocycles. The Morgan fingerprint density at radius 1 is 1.00 bits per heavy atom. The maximum Gasteiger partial charge on any atom is 0.336 e. The number of allylic oxidation sites excluding steroid dienone is 2. The van der Waals surface area contributed by atoms with Crippen molar-refractivity contribution in [1.29, 1.82) is 0 Å². The van der Waals surface area contributed by atoms with Gasteiger partial charge in [0, 0.05) is 19.1 Å². The molecule has 0 heterocycles. The summed E-state index contributed by atoms with van der Waals surface area (Å²) in [5, 5.41) is 39.4. The lowest BCUT2D eigenvalue weighted by molar-refractivity contribution is -0.175.